The summed E-state index contributed by atoms with van der Waals surface area (Å²) in [5.41, 5.74) is 3.26. The predicted octanol–water partition coefficient (Wildman–Crippen LogP) is 3.92. The zero-order valence-corrected chi connectivity index (χ0v) is 19.2. The van der Waals surface area contributed by atoms with Gasteiger partial charge in [0.2, 0.25) is 15.9 Å². The molecule has 3 rings (SSSR count). The van der Waals surface area contributed by atoms with Crippen LogP contribution < -0.4 is 10.0 Å². The molecule has 0 bridgehead atoms. The number of nitrogens with one attached hydrogen (secondary N) is 2. The highest BCUT2D eigenvalue weighted by molar-refractivity contribution is 7.89. The second kappa shape index (κ2) is 10.4. The normalized spacial score (nSPS) is 12.3. The summed E-state index contributed by atoms with van der Waals surface area (Å²) in [5, 5.41) is 12.1. The quantitative estimate of drug-likeness (QED) is 0.442. The molecule has 0 fully saturated rings. The van der Waals surface area contributed by atoms with E-state index in [4.69, 9.17) is 0 Å². The monoisotopic (exact) mass is 466 g/mol. The van der Waals surface area contributed by atoms with Crippen molar-refractivity contribution in [2.75, 3.05) is 5.32 Å². The Bertz CT molecular complexity index is 1210. The van der Waals surface area contributed by atoms with Gasteiger partial charge in [-0.3, -0.25) is 9.59 Å². The third kappa shape index (κ3) is 6.50. The lowest BCUT2D eigenvalue weighted by molar-refractivity contribution is -0.140. The van der Waals surface area contributed by atoms with Gasteiger partial charge in [0.05, 0.1) is 11.3 Å². The Balaban J connectivity index is 1.67. The minimum atomic E-state index is -3.97. The molecule has 0 radical (unpaired) electrons. The molecule has 3 N–H and O–H groups in total. The molecule has 0 aliphatic rings. The van der Waals surface area contributed by atoms with Crippen LogP contribution in [-0.2, 0) is 26.0 Å². The molecule has 1 unspecified atom stereocenters. The van der Waals surface area contributed by atoms with Gasteiger partial charge in [-0.2, -0.15) is 4.72 Å². The molecule has 0 aromatic heterocycles. The fraction of sp³-hybridized carbons (Fsp3) is 0.200. The Morgan fingerprint density at radius 1 is 0.848 bits per heavy atom. The van der Waals surface area contributed by atoms with Crippen molar-refractivity contribution in [3.05, 3.63) is 84.4 Å². The number of sulfonamides is 1. The van der Waals surface area contributed by atoms with Crippen molar-refractivity contribution in [2.24, 2.45) is 5.92 Å². The Kier molecular flexibility index (Phi) is 7.63. The summed E-state index contributed by atoms with van der Waals surface area (Å²) < 4.78 is 27.4. The lowest BCUT2D eigenvalue weighted by Gasteiger charge is -2.18. The van der Waals surface area contributed by atoms with E-state index in [1.54, 1.807) is 26.0 Å². The minimum absolute atomic E-state index is 0.00708. The van der Waals surface area contributed by atoms with Crippen molar-refractivity contribution in [1.29, 1.82) is 0 Å². The average Bonchev–Trinajstić information content (AvgIpc) is 2.78. The number of hydrogen-bond acceptors (Lipinski definition) is 4. The topological polar surface area (TPSA) is 113 Å². The molecule has 33 heavy (non-hydrogen) atoms. The average molecular weight is 467 g/mol. The Hall–Kier alpha value is -3.49. The van der Waals surface area contributed by atoms with Crippen LogP contribution in [0.4, 0.5) is 5.69 Å². The third-order valence-electron chi connectivity index (χ3n) is 5.09. The molecule has 0 aliphatic heterocycles. The van der Waals surface area contributed by atoms with Crippen molar-refractivity contribution in [2.45, 2.75) is 31.2 Å². The van der Waals surface area contributed by atoms with Gasteiger partial charge in [-0.05, 0) is 46.9 Å². The maximum absolute atomic E-state index is 12.6. The molecule has 0 aliphatic carbocycles. The van der Waals surface area contributed by atoms with Crippen LogP contribution in [0.25, 0.3) is 11.1 Å². The first-order valence-corrected chi connectivity index (χ1v) is 11.9. The molecule has 0 saturated heterocycles. The van der Waals surface area contributed by atoms with Crippen LogP contribution in [0.2, 0.25) is 0 Å². The molecule has 7 nitrogen and oxygen atoms in total. The summed E-state index contributed by atoms with van der Waals surface area (Å²) in [6.07, 6.45) is 0.235. The zero-order valence-electron chi connectivity index (χ0n) is 18.4. The number of carboxylic acids is 1. The number of para-hydroxylation sites is 1. The van der Waals surface area contributed by atoms with Crippen LogP contribution in [0, 0.1) is 5.92 Å². The lowest BCUT2D eigenvalue weighted by Crippen LogP contribution is -2.44. The summed E-state index contributed by atoms with van der Waals surface area (Å²) >= 11 is 0. The number of anilines is 1. The molecule has 172 valence electrons. The maximum atomic E-state index is 12.6. The second-order valence-electron chi connectivity index (χ2n) is 7.99. The van der Waals surface area contributed by atoms with Gasteiger partial charge >= 0.3 is 5.97 Å². The highest BCUT2D eigenvalue weighted by atomic mass is 32.2. The van der Waals surface area contributed by atoms with Crippen molar-refractivity contribution in [3.8, 4) is 11.1 Å². The molecular formula is C25H26N2O5S. The van der Waals surface area contributed by atoms with E-state index in [1.165, 1.54) is 12.1 Å². The summed E-state index contributed by atoms with van der Waals surface area (Å²) in [5.74, 6) is -1.73. The van der Waals surface area contributed by atoms with Crippen molar-refractivity contribution in [3.63, 3.8) is 0 Å². The van der Waals surface area contributed by atoms with Crippen LogP contribution in [0.1, 0.15) is 19.4 Å². The number of amides is 1. The molecule has 3 aromatic carbocycles. The van der Waals surface area contributed by atoms with Gasteiger partial charge in [-0.15, -0.1) is 0 Å². The number of aliphatic carboxylic acids is 1. The summed E-state index contributed by atoms with van der Waals surface area (Å²) in [4.78, 5) is 23.5. The number of carbonyl (C=O) groups excluding carboxylic acids is 1. The molecule has 1 atom stereocenters. The number of carbonyl (C=O) groups is 2. The van der Waals surface area contributed by atoms with Crippen molar-refractivity contribution < 1.29 is 23.1 Å². The fourth-order valence-corrected chi connectivity index (χ4v) is 4.60. The van der Waals surface area contributed by atoms with Gasteiger partial charge in [0.1, 0.15) is 6.04 Å². The summed E-state index contributed by atoms with van der Waals surface area (Å²) in [7, 11) is -3.97. The van der Waals surface area contributed by atoms with E-state index in [1.807, 2.05) is 54.6 Å². The molecule has 8 heteroatoms. The van der Waals surface area contributed by atoms with Crippen LogP contribution in [-0.4, -0.2) is 31.4 Å². The maximum Gasteiger partial charge on any atom is 0.322 e. The summed E-state index contributed by atoms with van der Waals surface area (Å²) in [6.45, 7) is 3.28. The van der Waals surface area contributed by atoms with Crippen LogP contribution in [0.15, 0.2) is 83.8 Å². The lowest BCUT2D eigenvalue weighted by atomic mass is 10.0. The van der Waals surface area contributed by atoms with E-state index >= 15 is 0 Å². The van der Waals surface area contributed by atoms with E-state index in [9.17, 15) is 23.1 Å². The van der Waals surface area contributed by atoms with Gasteiger partial charge in [-0.1, -0.05) is 68.4 Å². The third-order valence-corrected chi connectivity index (χ3v) is 6.55. The van der Waals surface area contributed by atoms with Crippen LogP contribution >= 0.6 is 0 Å². The first-order valence-electron chi connectivity index (χ1n) is 10.4. The highest BCUT2D eigenvalue weighted by Crippen LogP contribution is 2.23. The van der Waals surface area contributed by atoms with E-state index < -0.39 is 28.0 Å². The number of carboxylic acid groups (broad SMARTS) is 1. The summed E-state index contributed by atoms with van der Waals surface area (Å²) in [6, 6.07) is 21.7. The predicted molar refractivity (Wildman–Crippen MR) is 127 cm³/mol. The van der Waals surface area contributed by atoms with E-state index in [0.717, 1.165) is 22.4 Å². The largest absolute Gasteiger partial charge is 0.480 e. The van der Waals surface area contributed by atoms with E-state index in [0.29, 0.717) is 0 Å². The zero-order chi connectivity index (χ0) is 24.0. The van der Waals surface area contributed by atoms with E-state index in [2.05, 4.69) is 10.0 Å². The minimum Gasteiger partial charge on any atom is -0.480 e. The molecule has 0 saturated carbocycles. The van der Waals surface area contributed by atoms with Gasteiger partial charge in [-0.25, -0.2) is 8.42 Å². The Morgan fingerprint density at radius 3 is 1.91 bits per heavy atom. The van der Waals surface area contributed by atoms with Gasteiger partial charge in [0, 0.05) is 5.69 Å². The number of hydrogen-bond donors (Lipinski definition) is 3. The molecule has 0 spiro atoms. The number of benzene rings is 3. The van der Waals surface area contributed by atoms with Crippen LogP contribution in [0.5, 0.6) is 0 Å². The smallest absolute Gasteiger partial charge is 0.322 e. The first kappa shape index (κ1) is 24.2. The van der Waals surface area contributed by atoms with Gasteiger partial charge < -0.3 is 10.4 Å². The SMILES string of the molecule is CC(C)C(NS(=O)(=O)c1ccc(-c2ccc(CC(=O)Nc3ccccc3)cc2)cc1)C(=O)O. The Labute approximate surface area is 193 Å². The molecule has 1 amide bonds. The van der Waals surface area contributed by atoms with Crippen molar-refractivity contribution >= 4 is 27.6 Å². The van der Waals surface area contributed by atoms with Crippen LogP contribution in [0.3, 0.4) is 0 Å². The molecular weight excluding hydrogens is 440 g/mol. The molecule has 3 aromatic rings. The number of rotatable bonds is 9. The highest BCUT2D eigenvalue weighted by Gasteiger charge is 2.27. The van der Waals surface area contributed by atoms with Crippen molar-refractivity contribution in [1.82, 2.24) is 4.72 Å². The standard InChI is InChI=1S/C25H26N2O5S/c1-17(2)24(25(29)30)27-33(31,32)22-14-12-20(13-15-22)19-10-8-18(9-11-19)16-23(28)26-21-6-4-3-5-7-21/h3-15,17,24,27H,16H2,1-2H3,(H,26,28)(H,29,30). The fourth-order valence-electron chi connectivity index (χ4n) is 3.26. The molecule has 0 heterocycles. The first-order chi connectivity index (χ1) is 15.7. The van der Waals surface area contributed by atoms with E-state index in [-0.39, 0.29) is 17.2 Å². The van der Waals surface area contributed by atoms with Gasteiger partial charge in [0.25, 0.3) is 0 Å². The van der Waals surface area contributed by atoms with Gasteiger partial charge in [0.15, 0.2) is 0 Å². The second-order valence-corrected chi connectivity index (χ2v) is 9.71. The Morgan fingerprint density at radius 2 is 1.39 bits per heavy atom.